The third-order valence-corrected chi connectivity index (χ3v) is 3.77. The van der Waals surface area contributed by atoms with Gasteiger partial charge in [-0.15, -0.1) is 0 Å². The Hall–Kier alpha value is -2.01. The van der Waals surface area contributed by atoms with Gasteiger partial charge in [0.05, 0.1) is 5.56 Å². The Morgan fingerprint density at radius 1 is 1.14 bits per heavy atom. The molecule has 1 aromatic heterocycles. The summed E-state index contributed by atoms with van der Waals surface area (Å²) in [6, 6.07) is 8.17. The van der Waals surface area contributed by atoms with Crippen LogP contribution < -0.4 is 0 Å². The summed E-state index contributed by atoms with van der Waals surface area (Å²) in [4.78, 5) is 12.4. The van der Waals surface area contributed by atoms with Crippen LogP contribution in [0, 0.1) is 18.6 Å². The van der Waals surface area contributed by atoms with Crippen molar-refractivity contribution in [2.75, 3.05) is 0 Å². The van der Waals surface area contributed by atoms with Gasteiger partial charge in [-0.05, 0) is 43.3 Å². The highest BCUT2D eigenvalue weighted by Gasteiger charge is 2.22. The van der Waals surface area contributed by atoms with Gasteiger partial charge in [0, 0.05) is 15.4 Å². The minimum Gasteiger partial charge on any atom is -0.452 e. The van der Waals surface area contributed by atoms with Crippen LogP contribution in [0.2, 0.25) is 0 Å². The SMILES string of the molecule is Cc1c(C(=O)c2ccc(Br)cc2F)oc2ccc(F)cc12. The molecular weight excluding hydrogens is 342 g/mol. The van der Waals surface area contributed by atoms with Gasteiger partial charge >= 0.3 is 0 Å². The van der Waals surface area contributed by atoms with E-state index in [0.717, 1.165) is 0 Å². The largest absolute Gasteiger partial charge is 0.452 e. The van der Waals surface area contributed by atoms with E-state index in [9.17, 15) is 13.6 Å². The lowest BCUT2D eigenvalue weighted by molar-refractivity contribution is 0.101. The van der Waals surface area contributed by atoms with Crippen LogP contribution >= 0.6 is 15.9 Å². The Balaban J connectivity index is 2.15. The second-order valence-corrected chi connectivity index (χ2v) is 5.57. The predicted molar refractivity (Wildman–Crippen MR) is 78.4 cm³/mol. The Bertz CT molecular complexity index is 868. The molecule has 0 N–H and O–H groups in total. The number of furan rings is 1. The maximum atomic E-state index is 13.9. The number of rotatable bonds is 2. The second kappa shape index (κ2) is 5.07. The molecule has 0 fully saturated rings. The summed E-state index contributed by atoms with van der Waals surface area (Å²) < 4.78 is 33.2. The molecule has 3 aromatic rings. The first-order valence-corrected chi connectivity index (χ1v) is 6.95. The van der Waals surface area contributed by atoms with Crippen molar-refractivity contribution in [3.63, 3.8) is 0 Å². The number of fused-ring (bicyclic) bond motifs is 1. The van der Waals surface area contributed by atoms with Gasteiger partial charge in [0.25, 0.3) is 0 Å². The summed E-state index contributed by atoms with van der Waals surface area (Å²) in [6.07, 6.45) is 0. The quantitative estimate of drug-likeness (QED) is 0.608. The third kappa shape index (κ3) is 2.38. The average Bonchev–Trinajstić information content (AvgIpc) is 2.75. The van der Waals surface area contributed by atoms with Gasteiger partial charge in [0.1, 0.15) is 17.2 Å². The zero-order chi connectivity index (χ0) is 15.1. The van der Waals surface area contributed by atoms with Gasteiger partial charge in [0.2, 0.25) is 5.78 Å². The normalized spacial score (nSPS) is 11.0. The first-order chi connectivity index (χ1) is 9.97. The van der Waals surface area contributed by atoms with E-state index in [1.165, 1.54) is 30.3 Å². The first kappa shape index (κ1) is 13.9. The Kier molecular flexibility index (Phi) is 3.37. The van der Waals surface area contributed by atoms with Crippen molar-refractivity contribution in [2.24, 2.45) is 0 Å². The molecule has 5 heteroatoms. The van der Waals surface area contributed by atoms with Crippen molar-refractivity contribution < 1.29 is 18.0 Å². The molecule has 0 aliphatic heterocycles. The van der Waals surface area contributed by atoms with Gasteiger partial charge in [-0.25, -0.2) is 8.78 Å². The van der Waals surface area contributed by atoms with E-state index in [1.807, 2.05) is 0 Å². The van der Waals surface area contributed by atoms with Crippen LogP contribution in [0.3, 0.4) is 0 Å². The van der Waals surface area contributed by atoms with E-state index in [2.05, 4.69) is 15.9 Å². The van der Waals surface area contributed by atoms with Crippen LogP contribution in [0.15, 0.2) is 45.3 Å². The van der Waals surface area contributed by atoms with Crippen LogP contribution in [0.25, 0.3) is 11.0 Å². The highest BCUT2D eigenvalue weighted by molar-refractivity contribution is 9.10. The zero-order valence-corrected chi connectivity index (χ0v) is 12.5. The van der Waals surface area contributed by atoms with Crippen LogP contribution in [0.4, 0.5) is 8.78 Å². The van der Waals surface area contributed by atoms with E-state index in [1.54, 1.807) is 13.0 Å². The lowest BCUT2D eigenvalue weighted by atomic mass is 10.0. The lowest BCUT2D eigenvalue weighted by Gasteiger charge is -2.01. The number of ketones is 1. The fourth-order valence-corrected chi connectivity index (χ4v) is 2.54. The number of aryl methyl sites for hydroxylation is 1. The van der Waals surface area contributed by atoms with Crippen molar-refractivity contribution in [1.82, 2.24) is 0 Å². The number of carbonyl (C=O) groups excluding carboxylic acids is 1. The topological polar surface area (TPSA) is 30.2 Å². The van der Waals surface area contributed by atoms with E-state index in [4.69, 9.17) is 4.42 Å². The van der Waals surface area contributed by atoms with Crippen LogP contribution in [-0.4, -0.2) is 5.78 Å². The molecule has 0 saturated heterocycles. The molecular formula is C16H9BrF2O2. The van der Waals surface area contributed by atoms with Crippen LogP contribution in [-0.2, 0) is 0 Å². The van der Waals surface area contributed by atoms with Gasteiger partial charge in [-0.1, -0.05) is 15.9 Å². The highest BCUT2D eigenvalue weighted by Crippen LogP contribution is 2.28. The van der Waals surface area contributed by atoms with Gasteiger partial charge in [0.15, 0.2) is 5.76 Å². The molecule has 3 rings (SSSR count). The standard InChI is InChI=1S/C16H9BrF2O2/c1-8-12-7-10(18)3-5-14(12)21-16(8)15(20)11-4-2-9(17)6-13(11)19/h2-7H,1H3. The molecule has 0 bridgehead atoms. The molecule has 1 heterocycles. The second-order valence-electron chi connectivity index (χ2n) is 4.65. The molecule has 0 atom stereocenters. The molecule has 0 aliphatic rings. The van der Waals surface area contributed by atoms with E-state index in [0.29, 0.717) is 21.0 Å². The van der Waals surface area contributed by atoms with Crippen LogP contribution in [0.1, 0.15) is 21.7 Å². The summed E-state index contributed by atoms with van der Waals surface area (Å²) in [5.74, 6) is -1.59. The molecule has 0 radical (unpaired) electrons. The molecule has 0 saturated carbocycles. The van der Waals surface area contributed by atoms with E-state index >= 15 is 0 Å². The maximum Gasteiger partial charge on any atom is 0.231 e. The molecule has 106 valence electrons. The molecule has 0 amide bonds. The smallest absolute Gasteiger partial charge is 0.231 e. The molecule has 0 spiro atoms. The first-order valence-electron chi connectivity index (χ1n) is 6.16. The number of hydrogen-bond donors (Lipinski definition) is 0. The number of halogens is 3. The van der Waals surface area contributed by atoms with Crippen molar-refractivity contribution in [3.8, 4) is 0 Å². The summed E-state index contributed by atoms with van der Waals surface area (Å²) in [6.45, 7) is 1.65. The van der Waals surface area contributed by atoms with E-state index in [-0.39, 0.29) is 11.3 Å². The molecule has 21 heavy (non-hydrogen) atoms. The highest BCUT2D eigenvalue weighted by atomic mass is 79.9. The van der Waals surface area contributed by atoms with Gasteiger partial charge < -0.3 is 4.42 Å². The number of benzene rings is 2. The van der Waals surface area contributed by atoms with Crippen molar-refractivity contribution in [1.29, 1.82) is 0 Å². The monoisotopic (exact) mass is 350 g/mol. The van der Waals surface area contributed by atoms with Crippen molar-refractivity contribution in [2.45, 2.75) is 6.92 Å². The Morgan fingerprint density at radius 2 is 1.90 bits per heavy atom. The molecule has 2 nitrogen and oxygen atoms in total. The third-order valence-electron chi connectivity index (χ3n) is 3.28. The average molecular weight is 351 g/mol. The van der Waals surface area contributed by atoms with Gasteiger partial charge in [-0.3, -0.25) is 4.79 Å². The minimum atomic E-state index is -0.639. The Morgan fingerprint density at radius 3 is 2.62 bits per heavy atom. The minimum absolute atomic E-state index is 0.0248. The van der Waals surface area contributed by atoms with Crippen LogP contribution in [0.5, 0.6) is 0 Å². The predicted octanol–water partition coefficient (Wildman–Crippen LogP) is 5.01. The van der Waals surface area contributed by atoms with Gasteiger partial charge in [-0.2, -0.15) is 0 Å². The maximum absolute atomic E-state index is 13.9. The molecule has 0 aliphatic carbocycles. The number of hydrogen-bond acceptors (Lipinski definition) is 2. The summed E-state index contributed by atoms with van der Waals surface area (Å²) in [5, 5.41) is 0.510. The Labute approximate surface area is 127 Å². The number of carbonyl (C=O) groups is 1. The lowest BCUT2D eigenvalue weighted by Crippen LogP contribution is -2.04. The summed E-state index contributed by atoms with van der Waals surface area (Å²) in [7, 11) is 0. The fourth-order valence-electron chi connectivity index (χ4n) is 2.21. The molecule has 0 unspecified atom stereocenters. The zero-order valence-electron chi connectivity index (χ0n) is 10.9. The summed E-state index contributed by atoms with van der Waals surface area (Å²) in [5.41, 5.74) is 0.812. The molecule has 2 aromatic carbocycles. The van der Waals surface area contributed by atoms with Crippen molar-refractivity contribution >= 4 is 32.7 Å². The van der Waals surface area contributed by atoms with E-state index < -0.39 is 17.4 Å². The van der Waals surface area contributed by atoms with Crippen molar-refractivity contribution in [3.05, 3.63) is 69.4 Å². The fraction of sp³-hybridized carbons (Fsp3) is 0.0625. The summed E-state index contributed by atoms with van der Waals surface area (Å²) >= 11 is 3.14.